The monoisotopic (exact) mass is 591 g/mol. The van der Waals surface area contributed by atoms with Crippen LogP contribution in [0.4, 0.5) is 0 Å². The Morgan fingerprint density at radius 3 is 2.59 bits per heavy atom. The fourth-order valence-corrected chi connectivity index (χ4v) is 6.91. The van der Waals surface area contributed by atoms with Crippen LogP contribution in [0, 0.1) is 5.92 Å². The van der Waals surface area contributed by atoms with Crippen LogP contribution in [0.3, 0.4) is 0 Å². The molecule has 0 aliphatic carbocycles. The summed E-state index contributed by atoms with van der Waals surface area (Å²) in [7, 11) is 2.12. The number of likely N-dealkylation sites (tertiary alicyclic amines) is 2. The van der Waals surface area contributed by atoms with Gasteiger partial charge in [-0.3, -0.25) is 19.1 Å². The van der Waals surface area contributed by atoms with E-state index in [2.05, 4.69) is 39.3 Å². The molecule has 9 nitrogen and oxygen atoms in total. The molecule has 41 heavy (non-hydrogen) atoms. The molecule has 0 bridgehead atoms. The highest BCUT2D eigenvalue weighted by Gasteiger charge is 2.27. The highest BCUT2D eigenvalue weighted by atomic mass is 35.5. The molecule has 2 aromatic heterocycles. The number of hydrogen-bond donors (Lipinski definition) is 2. The minimum atomic E-state index is -0.528. The zero-order chi connectivity index (χ0) is 28.5. The lowest BCUT2D eigenvalue weighted by Crippen LogP contribution is -2.47. The molecule has 6 rings (SSSR count). The number of nitrogens with two attached hydrogens (primary N) is 1. The Morgan fingerprint density at radius 1 is 1.07 bits per heavy atom. The summed E-state index contributed by atoms with van der Waals surface area (Å²) in [5, 5.41) is 4.51. The summed E-state index contributed by atoms with van der Waals surface area (Å²) in [5.74, 6) is -0.144. The van der Waals surface area contributed by atoms with E-state index in [1.54, 1.807) is 18.5 Å². The summed E-state index contributed by atoms with van der Waals surface area (Å²) in [4.78, 5) is 39.5. The second-order valence-electron chi connectivity index (χ2n) is 11.1. The molecule has 0 atom stereocenters. The van der Waals surface area contributed by atoms with Crippen LogP contribution < -0.4 is 11.1 Å². The minimum absolute atomic E-state index is 0.152. The van der Waals surface area contributed by atoms with E-state index in [1.165, 1.54) is 16.9 Å². The third-order valence-electron chi connectivity index (χ3n) is 8.18. The molecule has 2 saturated heterocycles. The number of carbonyl (C=O) groups excluding carboxylic acids is 2. The van der Waals surface area contributed by atoms with E-state index in [-0.39, 0.29) is 17.9 Å². The van der Waals surface area contributed by atoms with Crippen molar-refractivity contribution in [2.24, 2.45) is 11.7 Å². The van der Waals surface area contributed by atoms with Crippen LogP contribution in [0.1, 0.15) is 40.9 Å². The fraction of sp³-hybridized carbons (Fsp3) is 0.400. The summed E-state index contributed by atoms with van der Waals surface area (Å²) in [5.41, 5.74) is 9.93. The zero-order valence-electron chi connectivity index (χ0n) is 23.1. The van der Waals surface area contributed by atoms with Crippen molar-refractivity contribution in [1.29, 1.82) is 0 Å². The number of imidazole rings is 1. The van der Waals surface area contributed by atoms with E-state index >= 15 is 0 Å². The first kappa shape index (κ1) is 27.8. The number of nitrogens with zero attached hydrogens (tertiary/aromatic N) is 5. The van der Waals surface area contributed by atoms with E-state index in [4.69, 9.17) is 22.3 Å². The maximum Gasteiger partial charge on any atom is 0.261 e. The summed E-state index contributed by atoms with van der Waals surface area (Å²) in [6, 6.07) is 13.8. The normalized spacial score (nSPS) is 17.7. The number of benzene rings is 2. The third kappa shape index (κ3) is 6.16. The second-order valence-corrected chi connectivity index (χ2v) is 12.5. The van der Waals surface area contributed by atoms with E-state index in [9.17, 15) is 9.59 Å². The van der Waals surface area contributed by atoms with Crippen LogP contribution in [0.25, 0.3) is 27.4 Å². The van der Waals surface area contributed by atoms with Gasteiger partial charge in [0.25, 0.3) is 5.91 Å². The number of nitrogens with one attached hydrogen (secondary N) is 1. The smallest absolute Gasteiger partial charge is 0.261 e. The first-order chi connectivity index (χ1) is 19.8. The van der Waals surface area contributed by atoms with Crippen molar-refractivity contribution in [3.8, 4) is 16.4 Å². The number of halogens is 1. The quantitative estimate of drug-likeness (QED) is 0.331. The Kier molecular flexibility index (Phi) is 8.07. The summed E-state index contributed by atoms with van der Waals surface area (Å²) in [6.45, 7) is 4.69. The Labute approximate surface area is 248 Å². The molecule has 4 heterocycles. The highest BCUT2D eigenvalue weighted by Crippen LogP contribution is 2.33. The van der Waals surface area contributed by atoms with Gasteiger partial charge in [-0.05, 0) is 75.6 Å². The van der Waals surface area contributed by atoms with Gasteiger partial charge in [-0.25, -0.2) is 9.97 Å². The number of carbonyl (C=O) groups is 2. The molecule has 2 aromatic carbocycles. The highest BCUT2D eigenvalue weighted by molar-refractivity contribution is 7.16. The molecular weight excluding hydrogens is 558 g/mol. The van der Waals surface area contributed by atoms with Crippen LogP contribution >= 0.6 is 22.9 Å². The molecule has 0 spiro atoms. The number of hydrogen-bond acceptors (Lipinski definition) is 7. The van der Waals surface area contributed by atoms with E-state index in [0.717, 1.165) is 75.0 Å². The Hall–Kier alpha value is -3.31. The third-order valence-corrected chi connectivity index (χ3v) is 9.49. The molecule has 2 fully saturated rings. The predicted octanol–water partition coefficient (Wildman–Crippen LogP) is 4.32. The van der Waals surface area contributed by atoms with Crippen LogP contribution in [0.15, 0.2) is 48.8 Å². The zero-order valence-corrected chi connectivity index (χ0v) is 24.6. The van der Waals surface area contributed by atoms with Gasteiger partial charge in [0.05, 0.1) is 16.7 Å². The molecule has 0 radical (unpaired) electrons. The van der Waals surface area contributed by atoms with Crippen molar-refractivity contribution in [3.05, 3.63) is 64.3 Å². The van der Waals surface area contributed by atoms with Crippen molar-refractivity contribution in [1.82, 2.24) is 29.7 Å². The Balaban J connectivity index is 1.14. The van der Waals surface area contributed by atoms with Gasteiger partial charge in [0, 0.05) is 42.2 Å². The van der Waals surface area contributed by atoms with E-state index in [1.807, 2.05) is 22.8 Å². The van der Waals surface area contributed by atoms with Crippen LogP contribution in [0.5, 0.6) is 0 Å². The minimum Gasteiger partial charge on any atom is -0.365 e. The van der Waals surface area contributed by atoms with Gasteiger partial charge in [0.15, 0.2) is 5.13 Å². The average Bonchev–Trinajstić information content (AvgIpc) is 3.59. The van der Waals surface area contributed by atoms with E-state index in [0.29, 0.717) is 20.7 Å². The maximum absolute atomic E-state index is 12.8. The van der Waals surface area contributed by atoms with Gasteiger partial charge in [-0.2, -0.15) is 0 Å². The first-order valence-electron chi connectivity index (χ1n) is 14.1. The molecular formula is C30H34ClN7O2S. The van der Waals surface area contributed by atoms with Crippen molar-refractivity contribution in [3.63, 3.8) is 0 Å². The largest absolute Gasteiger partial charge is 0.365 e. The molecule has 0 unspecified atom stereocenters. The van der Waals surface area contributed by atoms with Gasteiger partial charge in [0.1, 0.15) is 11.2 Å². The molecule has 2 aliphatic heterocycles. The molecule has 4 aromatic rings. The number of thiazole rings is 1. The van der Waals surface area contributed by atoms with Gasteiger partial charge < -0.3 is 16.0 Å². The summed E-state index contributed by atoms with van der Waals surface area (Å²) >= 11 is 7.44. The topological polar surface area (TPSA) is 109 Å². The second kappa shape index (κ2) is 11.9. The molecule has 3 N–H and O–H groups in total. The summed E-state index contributed by atoms with van der Waals surface area (Å²) < 4.78 is 1.91. The predicted molar refractivity (Wildman–Crippen MR) is 162 cm³/mol. The molecule has 214 valence electrons. The van der Waals surface area contributed by atoms with Crippen molar-refractivity contribution in [2.45, 2.75) is 38.3 Å². The van der Waals surface area contributed by atoms with E-state index < -0.39 is 5.91 Å². The standard InChI is InChI=1S/C30H34ClN7O2S/c1-36-11-7-20(8-12-36)29(40)34-23-9-13-37(14-10-23)17-19-5-6-24-25(15-19)38(18-33-24)30-35-26(27(41-30)28(32)39)21-3-2-4-22(31)16-21/h2-6,15-16,18,20,23H,7-14,17H2,1H3,(H2,32,39)(H,34,40). The number of piperidine rings is 2. The Morgan fingerprint density at radius 2 is 1.85 bits per heavy atom. The SMILES string of the molecule is CN1CCC(C(=O)NC2CCN(Cc3ccc4ncn(-c5nc(-c6cccc(Cl)c6)c(C(N)=O)s5)c4c3)CC2)CC1. The lowest BCUT2D eigenvalue weighted by Gasteiger charge is -2.34. The van der Waals surface area contributed by atoms with Gasteiger partial charge >= 0.3 is 0 Å². The number of amides is 2. The van der Waals surface area contributed by atoms with Crippen molar-refractivity contribution >= 4 is 45.8 Å². The van der Waals surface area contributed by atoms with Crippen molar-refractivity contribution < 1.29 is 9.59 Å². The number of fused-ring (bicyclic) bond motifs is 1. The number of aromatic nitrogens is 3. The van der Waals surface area contributed by atoms with Crippen LogP contribution in [-0.4, -0.2) is 75.4 Å². The van der Waals surface area contributed by atoms with Gasteiger partial charge in [-0.15, -0.1) is 0 Å². The number of primary amides is 1. The molecule has 2 amide bonds. The lowest BCUT2D eigenvalue weighted by molar-refractivity contribution is -0.127. The van der Waals surface area contributed by atoms with Gasteiger partial charge in [-0.1, -0.05) is 41.1 Å². The fourth-order valence-electron chi connectivity index (χ4n) is 5.80. The first-order valence-corrected chi connectivity index (χ1v) is 15.3. The molecule has 2 aliphatic rings. The summed E-state index contributed by atoms with van der Waals surface area (Å²) in [6.07, 6.45) is 5.55. The van der Waals surface area contributed by atoms with Crippen molar-refractivity contribution in [2.75, 3.05) is 33.2 Å². The lowest BCUT2D eigenvalue weighted by atomic mass is 9.95. The van der Waals surface area contributed by atoms with Gasteiger partial charge in [0.2, 0.25) is 5.91 Å². The van der Waals surface area contributed by atoms with Crippen LogP contribution in [-0.2, 0) is 11.3 Å². The average molecular weight is 592 g/mol. The molecule has 11 heteroatoms. The molecule has 0 saturated carbocycles. The number of rotatable bonds is 7. The Bertz CT molecular complexity index is 1570. The van der Waals surface area contributed by atoms with Crippen LogP contribution in [0.2, 0.25) is 5.02 Å². The maximum atomic E-state index is 12.8.